The van der Waals surface area contributed by atoms with Crippen LogP contribution in [0.5, 0.6) is 0 Å². The van der Waals surface area contributed by atoms with Gasteiger partial charge in [-0.15, -0.1) is 0 Å². The molecule has 0 bridgehead atoms. The molecule has 10 heteroatoms. The highest BCUT2D eigenvalue weighted by atomic mass is 32.2. The maximum absolute atomic E-state index is 13.2. The van der Waals surface area contributed by atoms with Crippen LogP contribution in [0.4, 0.5) is 4.39 Å². The van der Waals surface area contributed by atoms with Crippen LogP contribution in [0.3, 0.4) is 0 Å². The van der Waals surface area contributed by atoms with Gasteiger partial charge in [0.05, 0.1) is 12.6 Å². The fourth-order valence-corrected chi connectivity index (χ4v) is 4.26. The van der Waals surface area contributed by atoms with Crippen LogP contribution in [0.25, 0.3) is 0 Å². The number of ether oxygens (including phenoxy) is 1. The van der Waals surface area contributed by atoms with Gasteiger partial charge in [-0.25, -0.2) is 17.5 Å². The lowest BCUT2D eigenvalue weighted by Gasteiger charge is -2.38. The Morgan fingerprint density at radius 2 is 2.03 bits per heavy atom. The van der Waals surface area contributed by atoms with E-state index in [1.165, 1.54) is 30.6 Å². The Morgan fingerprint density at radius 3 is 2.70 bits per heavy atom. The van der Waals surface area contributed by atoms with Crippen LogP contribution in [-0.2, 0) is 14.8 Å². The van der Waals surface area contributed by atoms with E-state index in [-0.39, 0.29) is 29.5 Å². The molecule has 0 amide bonds. The first-order valence-electron chi connectivity index (χ1n) is 9.65. The molecule has 0 aliphatic carbocycles. The smallest absolute Gasteiger partial charge is 0.242 e. The van der Waals surface area contributed by atoms with Crippen LogP contribution in [0.1, 0.15) is 18.6 Å². The molecule has 2 atom stereocenters. The van der Waals surface area contributed by atoms with Gasteiger partial charge in [0.25, 0.3) is 0 Å². The summed E-state index contributed by atoms with van der Waals surface area (Å²) in [7, 11) is -1.93. The summed E-state index contributed by atoms with van der Waals surface area (Å²) in [5.41, 5.74) is 0.896. The molecule has 0 saturated carbocycles. The SMILES string of the molecule is CN=C(NCCNS(=O)(=O)c1cccnc1)N1CC(C)OC(c2ccc(F)cc2)C1. The van der Waals surface area contributed by atoms with Crippen molar-refractivity contribution in [3.63, 3.8) is 0 Å². The van der Waals surface area contributed by atoms with Gasteiger partial charge in [0, 0.05) is 39.1 Å². The Labute approximate surface area is 176 Å². The molecule has 0 radical (unpaired) electrons. The summed E-state index contributed by atoms with van der Waals surface area (Å²) in [6.07, 6.45) is 2.57. The second-order valence-corrected chi connectivity index (χ2v) is 8.72. The number of morpholine rings is 1. The molecule has 162 valence electrons. The normalized spacial score (nSPS) is 20.2. The van der Waals surface area contributed by atoms with Crippen molar-refractivity contribution in [1.82, 2.24) is 19.9 Å². The third-order valence-corrected chi connectivity index (χ3v) is 6.10. The van der Waals surface area contributed by atoms with Gasteiger partial charge < -0.3 is 15.0 Å². The maximum Gasteiger partial charge on any atom is 0.242 e. The lowest BCUT2D eigenvalue weighted by atomic mass is 10.1. The monoisotopic (exact) mass is 435 g/mol. The Kier molecular flexibility index (Phi) is 7.35. The molecule has 1 aliphatic heterocycles. The van der Waals surface area contributed by atoms with Gasteiger partial charge in [0.2, 0.25) is 10.0 Å². The predicted molar refractivity (Wildman–Crippen MR) is 112 cm³/mol. The number of aromatic nitrogens is 1. The minimum atomic E-state index is -3.60. The highest BCUT2D eigenvalue weighted by molar-refractivity contribution is 7.89. The molecule has 2 aromatic rings. The molecular formula is C20H26FN5O3S. The average Bonchev–Trinajstić information content (AvgIpc) is 2.74. The van der Waals surface area contributed by atoms with Gasteiger partial charge in [-0.05, 0) is 36.8 Å². The summed E-state index contributed by atoms with van der Waals surface area (Å²) in [4.78, 5) is 10.3. The molecule has 1 fully saturated rings. The molecule has 8 nitrogen and oxygen atoms in total. The van der Waals surface area contributed by atoms with E-state index < -0.39 is 10.0 Å². The fraction of sp³-hybridized carbons (Fsp3) is 0.400. The summed E-state index contributed by atoms with van der Waals surface area (Å²) in [5, 5.41) is 3.18. The van der Waals surface area contributed by atoms with E-state index >= 15 is 0 Å². The van der Waals surface area contributed by atoms with Crippen molar-refractivity contribution in [1.29, 1.82) is 0 Å². The van der Waals surface area contributed by atoms with E-state index in [0.717, 1.165) is 5.56 Å². The van der Waals surface area contributed by atoms with E-state index in [1.807, 2.05) is 6.92 Å². The van der Waals surface area contributed by atoms with Crippen molar-refractivity contribution in [2.24, 2.45) is 4.99 Å². The first kappa shape index (κ1) is 22.1. The van der Waals surface area contributed by atoms with Crippen molar-refractivity contribution in [3.8, 4) is 0 Å². The molecule has 1 aromatic heterocycles. The quantitative estimate of drug-likeness (QED) is 0.406. The molecule has 0 spiro atoms. The number of pyridine rings is 1. The molecule has 3 rings (SSSR count). The minimum Gasteiger partial charge on any atom is -0.367 e. The number of aliphatic imine (C=N–C) groups is 1. The fourth-order valence-electron chi connectivity index (χ4n) is 3.27. The number of sulfonamides is 1. The van der Waals surface area contributed by atoms with E-state index in [1.54, 1.807) is 25.2 Å². The second-order valence-electron chi connectivity index (χ2n) is 6.95. The standard InChI is InChI=1S/C20H26FN5O3S/c1-15-13-26(14-19(29-15)16-5-7-17(21)8-6-16)20(22-2)24-10-11-25-30(27,28)18-4-3-9-23-12-18/h3-9,12,15,19,25H,10-11,13-14H2,1-2H3,(H,22,24). The van der Waals surface area contributed by atoms with Crippen LogP contribution >= 0.6 is 0 Å². The summed E-state index contributed by atoms with van der Waals surface area (Å²) in [6.45, 7) is 3.71. The third kappa shape index (κ3) is 5.74. The Morgan fingerprint density at radius 1 is 1.27 bits per heavy atom. The first-order chi connectivity index (χ1) is 14.4. The van der Waals surface area contributed by atoms with E-state index in [2.05, 4.69) is 24.9 Å². The van der Waals surface area contributed by atoms with Crippen LogP contribution < -0.4 is 10.0 Å². The highest BCUT2D eigenvalue weighted by Crippen LogP contribution is 2.25. The number of hydrogen-bond donors (Lipinski definition) is 2. The summed E-state index contributed by atoms with van der Waals surface area (Å²) < 4.78 is 46.3. The Hall–Kier alpha value is -2.56. The number of guanidine groups is 1. The molecule has 30 heavy (non-hydrogen) atoms. The average molecular weight is 436 g/mol. The Balaban J connectivity index is 1.55. The van der Waals surface area contributed by atoms with Crippen molar-refractivity contribution in [2.75, 3.05) is 33.2 Å². The molecular weight excluding hydrogens is 409 g/mol. The van der Waals surface area contributed by atoms with Crippen LogP contribution in [0.2, 0.25) is 0 Å². The van der Waals surface area contributed by atoms with Gasteiger partial charge in [0.15, 0.2) is 5.96 Å². The van der Waals surface area contributed by atoms with Crippen LogP contribution in [-0.4, -0.2) is 63.6 Å². The first-order valence-corrected chi connectivity index (χ1v) is 11.1. The highest BCUT2D eigenvalue weighted by Gasteiger charge is 2.28. The molecule has 2 heterocycles. The van der Waals surface area contributed by atoms with Gasteiger partial charge in [0.1, 0.15) is 16.8 Å². The number of hydrogen-bond acceptors (Lipinski definition) is 5. The molecule has 1 saturated heterocycles. The number of nitrogens with one attached hydrogen (secondary N) is 2. The van der Waals surface area contributed by atoms with E-state index in [4.69, 9.17) is 4.74 Å². The van der Waals surface area contributed by atoms with Gasteiger partial charge in [-0.2, -0.15) is 0 Å². The largest absolute Gasteiger partial charge is 0.367 e. The predicted octanol–water partition coefficient (Wildman–Crippen LogP) is 1.54. The number of benzene rings is 1. The zero-order valence-corrected chi connectivity index (χ0v) is 17.8. The van der Waals surface area contributed by atoms with Gasteiger partial charge in [-0.1, -0.05) is 12.1 Å². The van der Waals surface area contributed by atoms with Crippen molar-refractivity contribution >= 4 is 16.0 Å². The molecule has 1 aliphatic rings. The zero-order valence-electron chi connectivity index (χ0n) is 17.0. The van der Waals surface area contributed by atoms with E-state index in [0.29, 0.717) is 25.6 Å². The maximum atomic E-state index is 13.2. The molecule has 2 N–H and O–H groups in total. The van der Waals surface area contributed by atoms with Crippen molar-refractivity contribution < 1.29 is 17.5 Å². The Bertz CT molecular complexity index is 954. The number of halogens is 1. The van der Waals surface area contributed by atoms with Gasteiger partial charge in [-0.3, -0.25) is 9.98 Å². The summed E-state index contributed by atoms with van der Waals surface area (Å²) in [6, 6.07) is 9.35. The van der Waals surface area contributed by atoms with Gasteiger partial charge >= 0.3 is 0 Å². The topological polar surface area (TPSA) is 95.9 Å². The molecule has 2 unspecified atom stereocenters. The van der Waals surface area contributed by atoms with Crippen LogP contribution in [0, 0.1) is 5.82 Å². The van der Waals surface area contributed by atoms with E-state index in [9.17, 15) is 12.8 Å². The minimum absolute atomic E-state index is 0.0450. The summed E-state index contributed by atoms with van der Waals surface area (Å²) >= 11 is 0. The number of nitrogens with zero attached hydrogens (tertiary/aromatic N) is 3. The molecule has 1 aromatic carbocycles. The van der Waals surface area contributed by atoms with Crippen LogP contribution in [0.15, 0.2) is 58.7 Å². The number of rotatable bonds is 6. The zero-order chi connectivity index (χ0) is 21.6. The van der Waals surface area contributed by atoms with Crippen molar-refractivity contribution in [3.05, 3.63) is 60.2 Å². The van der Waals surface area contributed by atoms with Crippen molar-refractivity contribution in [2.45, 2.75) is 24.0 Å². The third-order valence-electron chi connectivity index (χ3n) is 4.66. The lowest BCUT2D eigenvalue weighted by Crippen LogP contribution is -2.51. The lowest BCUT2D eigenvalue weighted by molar-refractivity contribution is -0.0604. The second kappa shape index (κ2) is 9.96. The summed E-state index contributed by atoms with van der Waals surface area (Å²) in [5.74, 6) is 0.364.